The van der Waals surface area contributed by atoms with Gasteiger partial charge in [0, 0.05) is 28.1 Å². The maximum atomic E-state index is 5.82. The molecule has 0 spiro atoms. The molecule has 86 valence electrons. The second-order valence-corrected chi connectivity index (χ2v) is 5.32. The molecule has 0 aliphatic rings. The molecule has 2 N–H and O–H groups in total. The molecule has 3 nitrogen and oxygen atoms in total. The summed E-state index contributed by atoms with van der Waals surface area (Å²) in [4.78, 5) is 0. The fourth-order valence-corrected chi connectivity index (χ4v) is 3.20. The molecule has 3 aromatic rings. The van der Waals surface area contributed by atoms with Crippen LogP contribution in [0.25, 0.3) is 21.3 Å². The second kappa shape index (κ2) is 4.01. The standard InChI is InChI=1S/C12H10N2OS2/c1-15-11-4-7(6-16-11)12-9-5-8(13)2-3-10(9)17-14-12/h2-6H,13H2,1H3. The van der Waals surface area contributed by atoms with Gasteiger partial charge in [0.2, 0.25) is 0 Å². The third kappa shape index (κ3) is 1.77. The Balaban J connectivity index is 2.19. The first-order valence-electron chi connectivity index (χ1n) is 5.06. The number of ether oxygens (including phenoxy) is 1. The summed E-state index contributed by atoms with van der Waals surface area (Å²) in [6.45, 7) is 0. The zero-order valence-corrected chi connectivity index (χ0v) is 10.8. The van der Waals surface area contributed by atoms with Gasteiger partial charge in [-0.1, -0.05) is 0 Å². The molecule has 2 aromatic heterocycles. The van der Waals surface area contributed by atoms with Crippen LogP contribution in [0.4, 0.5) is 5.69 Å². The lowest BCUT2D eigenvalue weighted by atomic mass is 10.1. The number of benzene rings is 1. The Morgan fingerprint density at radius 3 is 2.94 bits per heavy atom. The topological polar surface area (TPSA) is 48.1 Å². The number of anilines is 1. The number of aromatic nitrogens is 1. The maximum Gasteiger partial charge on any atom is 0.173 e. The summed E-state index contributed by atoms with van der Waals surface area (Å²) in [5.41, 5.74) is 8.65. The number of thiophene rings is 1. The van der Waals surface area contributed by atoms with Gasteiger partial charge in [0.15, 0.2) is 5.06 Å². The highest BCUT2D eigenvalue weighted by Crippen LogP contribution is 2.36. The van der Waals surface area contributed by atoms with Gasteiger partial charge in [-0.2, -0.15) is 4.37 Å². The van der Waals surface area contributed by atoms with Crippen LogP contribution < -0.4 is 10.5 Å². The molecule has 3 rings (SSSR count). The van der Waals surface area contributed by atoms with E-state index < -0.39 is 0 Å². The zero-order valence-electron chi connectivity index (χ0n) is 9.14. The van der Waals surface area contributed by atoms with Gasteiger partial charge >= 0.3 is 0 Å². The van der Waals surface area contributed by atoms with Gasteiger partial charge < -0.3 is 10.5 Å². The summed E-state index contributed by atoms with van der Waals surface area (Å²) < 4.78 is 10.8. The summed E-state index contributed by atoms with van der Waals surface area (Å²) in [7, 11) is 1.67. The van der Waals surface area contributed by atoms with E-state index in [0.717, 1.165) is 32.1 Å². The van der Waals surface area contributed by atoms with Gasteiger partial charge in [-0.15, -0.1) is 11.3 Å². The number of rotatable bonds is 2. The zero-order chi connectivity index (χ0) is 11.8. The Labute approximate surface area is 107 Å². The van der Waals surface area contributed by atoms with Crippen LogP contribution in [-0.4, -0.2) is 11.5 Å². The first-order chi connectivity index (χ1) is 8.28. The van der Waals surface area contributed by atoms with E-state index >= 15 is 0 Å². The molecule has 0 fully saturated rings. The number of hydrogen-bond acceptors (Lipinski definition) is 5. The Morgan fingerprint density at radius 1 is 1.29 bits per heavy atom. The highest BCUT2D eigenvalue weighted by atomic mass is 32.1. The monoisotopic (exact) mass is 262 g/mol. The van der Waals surface area contributed by atoms with Crippen molar-refractivity contribution in [2.24, 2.45) is 0 Å². The summed E-state index contributed by atoms with van der Waals surface area (Å²) >= 11 is 3.06. The molecule has 0 unspecified atom stereocenters. The highest BCUT2D eigenvalue weighted by molar-refractivity contribution is 7.14. The molecule has 17 heavy (non-hydrogen) atoms. The van der Waals surface area contributed by atoms with Crippen molar-refractivity contribution in [3.63, 3.8) is 0 Å². The Hall–Kier alpha value is -1.59. The van der Waals surface area contributed by atoms with Crippen molar-refractivity contribution in [2.45, 2.75) is 0 Å². The smallest absolute Gasteiger partial charge is 0.173 e. The minimum atomic E-state index is 0.765. The van der Waals surface area contributed by atoms with Crippen LogP contribution in [0.3, 0.4) is 0 Å². The van der Waals surface area contributed by atoms with Crippen LogP contribution in [0.2, 0.25) is 0 Å². The third-order valence-corrected chi connectivity index (χ3v) is 4.26. The average molecular weight is 262 g/mol. The van der Waals surface area contributed by atoms with Gasteiger partial charge in [0.25, 0.3) is 0 Å². The van der Waals surface area contributed by atoms with Gasteiger partial charge in [-0.25, -0.2) is 0 Å². The van der Waals surface area contributed by atoms with E-state index in [9.17, 15) is 0 Å². The fraction of sp³-hybridized carbons (Fsp3) is 0.0833. The number of methoxy groups -OCH3 is 1. The molecule has 0 amide bonds. The van der Waals surface area contributed by atoms with E-state index in [0.29, 0.717) is 0 Å². The lowest BCUT2D eigenvalue weighted by Gasteiger charge is -1.95. The molecule has 0 radical (unpaired) electrons. The van der Waals surface area contributed by atoms with E-state index in [1.54, 1.807) is 18.4 Å². The molecule has 0 saturated heterocycles. The molecule has 5 heteroatoms. The van der Waals surface area contributed by atoms with Crippen LogP contribution in [0.1, 0.15) is 0 Å². The number of nitrogens with zero attached hydrogens (tertiary/aromatic N) is 1. The van der Waals surface area contributed by atoms with Crippen LogP contribution in [-0.2, 0) is 0 Å². The van der Waals surface area contributed by atoms with Crippen molar-refractivity contribution in [1.82, 2.24) is 4.37 Å². The lowest BCUT2D eigenvalue weighted by Crippen LogP contribution is -1.82. The molecule has 0 saturated carbocycles. The molecule has 2 heterocycles. The number of fused-ring (bicyclic) bond motifs is 1. The molecule has 1 aromatic carbocycles. The van der Waals surface area contributed by atoms with Crippen molar-refractivity contribution < 1.29 is 4.74 Å². The van der Waals surface area contributed by atoms with E-state index in [2.05, 4.69) is 9.75 Å². The number of hydrogen-bond donors (Lipinski definition) is 1. The fourth-order valence-electron chi connectivity index (χ4n) is 1.71. The largest absolute Gasteiger partial charge is 0.487 e. The second-order valence-electron chi connectivity index (χ2n) is 3.65. The minimum absolute atomic E-state index is 0.765. The third-order valence-electron chi connectivity index (χ3n) is 2.54. The van der Waals surface area contributed by atoms with Crippen LogP contribution >= 0.6 is 22.9 Å². The first-order valence-corrected chi connectivity index (χ1v) is 6.71. The molecule has 0 aliphatic carbocycles. The van der Waals surface area contributed by atoms with Crippen molar-refractivity contribution in [2.75, 3.05) is 12.8 Å². The Kier molecular flexibility index (Phi) is 2.49. The molecule has 0 bridgehead atoms. The van der Waals surface area contributed by atoms with Crippen LogP contribution in [0.5, 0.6) is 5.06 Å². The van der Waals surface area contributed by atoms with Crippen molar-refractivity contribution >= 4 is 38.6 Å². The summed E-state index contributed by atoms with van der Waals surface area (Å²) in [6.07, 6.45) is 0. The van der Waals surface area contributed by atoms with Crippen molar-refractivity contribution in [1.29, 1.82) is 0 Å². The van der Waals surface area contributed by atoms with Crippen LogP contribution in [0.15, 0.2) is 29.6 Å². The SMILES string of the molecule is COc1cc(-c2nsc3ccc(N)cc23)cs1. The Morgan fingerprint density at radius 2 is 2.18 bits per heavy atom. The summed E-state index contributed by atoms with van der Waals surface area (Å²) in [5, 5.41) is 4.05. The van der Waals surface area contributed by atoms with Crippen molar-refractivity contribution in [3.8, 4) is 16.3 Å². The number of nitrogen functional groups attached to an aromatic ring is 1. The van der Waals surface area contributed by atoms with Gasteiger partial charge in [-0.3, -0.25) is 0 Å². The molecule has 0 aliphatic heterocycles. The molecule has 0 atom stereocenters. The predicted molar refractivity (Wildman–Crippen MR) is 73.9 cm³/mol. The van der Waals surface area contributed by atoms with E-state index in [1.807, 2.05) is 24.3 Å². The number of nitrogens with two attached hydrogens (primary N) is 1. The summed E-state index contributed by atoms with van der Waals surface area (Å²) in [5.74, 6) is 0. The van der Waals surface area contributed by atoms with E-state index in [1.165, 1.54) is 11.5 Å². The van der Waals surface area contributed by atoms with E-state index in [-0.39, 0.29) is 0 Å². The predicted octanol–water partition coefficient (Wildman–Crippen LogP) is 3.62. The highest BCUT2D eigenvalue weighted by Gasteiger charge is 2.10. The van der Waals surface area contributed by atoms with Crippen LogP contribution in [0, 0.1) is 0 Å². The average Bonchev–Trinajstić information content (AvgIpc) is 2.93. The van der Waals surface area contributed by atoms with Gasteiger partial charge in [-0.05, 0) is 29.7 Å². The van der Waals surface area contributed by atoms with Gasteiger partial charge in [0.1, 0.15) is 0 Å². The van der Waals surface area contributed by atoms with Gasteiger partial charge in [0.05, 0.1) is 17.5 Å². The molecular weight excluding hydrogens is 252 g/mol. The maximum absolute atomic E-state index is 5.82. The normalized spacial score (nSPS) is 10.9. The first kappa shape index (κ1) is 10.6. The molecular formula is C12H10N2OS2. The minimum Gasteiger partial charge on any atom is -0.487 e. The van der Waals surface area contributed by atoms with E-state index in [4.69, 9.17) is 10.5 Å². The lowest BCUT2D eigenvalue weighted by molar-refractivity contribution is 0.427. The summed E-state index contributed by atoms with van der Waals surface area (Å²) in [6, 6.07) is 7.88. The quantitative estimate of drug-likeness (QED) is 0.718. The Bertz CT molecular complexity index is 672. The van der Waals surface area contributed by atoms with Crippen molar-refractivity contribution in [3.05, 3.63) is 29.6 Å².